The number of carbonyl (C=O) groups excluding carboxylic acids is 1. The van der Waals surface area contributed by atoms with Crippen molar-refractivity contribution < 1.29 is 14.0 Å². The van der Waals surface area contributed by atoms with Gasteiger partial charge >= 0.3 is 0 Å². The second-order valence-electron chi connectivity index (χ2n) is 3.95. The minimum absolute atomic E-state index is 0.00977. The molecule has 0 aliphatic heterocycles. The van der Waals surface area contributed by atoms with Crippen LogP contribution in [0.4, 0.5) is 11.4 Å². The van der Waals surface area contributed by atoms with Crippen LogP contribution in [0.25, 0.3) is 0 Å². The predicted octanol–water partition coefficient (Wildman–Crippen LogP) is 4.03. The van der Waals surface area contributed by atoms with Crippen molar-refractivity contribution in [2.24, 2.45) is 0 Å². The van der Waals surface area contributed by atoms with E-state index < -0.39 is 16.5 Å². The van der Waals surface area contributed by atoms with E-state index in [0.717, 1.165) is 12.1 Å². The van der Waals surface area contributed by atoms with Crippen molar-refractivity contribution in [2.45, 2.75) is 0 Å². The molecule has 0 atom stereocenters. The molecule has 1 amide bonds. The van der Waals surface area contributed by atoms with Crippen LogP contribution in [0.3, 0.4) is 0 Å². The zero-order chi connectivity index (χ0) is 15.4. The summed E-state index contributed by atoms with van der Waals surface area (Å²) < 4.78 is 4.50. The zero-order valence-corrected chi connectivity index (χ0v) is 11.9. The molecule has 1 N–H and O–H groups in total. The van der Waals surface area contributed by atoms with Gasteiger partial charge in [0.2, 0.25) is 0 Å². The van der Waals surface area contributed by atoms with Crippen molar-refractivity contribution in [1.29, 1.82) is 0 Å². The summed E-state index contributed by atoms with van der Waals surface area (Å²) in [6.45, 7) is 0. The van der Waals surface area contributed by atoms with Crippen molar-refractivity contribution in [3.8, 4) is 5.75 Å². The molecule has 8 heteroatoms. The molecular formula is C13H8Cl2N2O4. The van der Waals surface area contributed by atoms with Gasteiger partial charge in [-0.1, -0.05) is 29.8 Å². The lowest BCUT2D eigenvalue weighted by Gasteiger charge is -2.08. The summed E-state index contributed by atoms with van der Waals surface area (Å²) in [5.74, 6) is -0.699. The highest BCUT2D eigenvalue weighted by Crippen LogP contribution is 2.33. The fraction of sp³-hybridized carbons (Fsp3) is 0. The van der Waals surface area contributed by atoms with Crippen molar-refractivity contribution in [3.05, 3.63) is 63.2 Å². The molecule has 0 saturated carbocycles. The van der Waals surface area contributed by atoms with E-state index in [-0.39, 0.29) is 16.3 Å². The first-order chi connectivity index (χ1) is 10.0. The van der Waals surface area contributed by atoms with Gasteiger partial charge in [0.15, 0.2) is 5.75 Å². The van der Waals surface area contributed by atoms with E-state index in [1.54, 1.807) is 30.3 Å². The Hall–Kier alpha value is -2.31. The number of hydrogen-bond acceptors (Lipinski definition) is 4. The maximum atomic E-state index is 12.1. The number of anilines is 1. The Morgan fingerprint density at radius 2 is 1.90 bits per heavy atom. The molecule has 0 aliphatic rings. The number of para-hydroxylation sites is 1. The number of halogens is 2. The zero-order valence-electron chi connectivity index (χ0n) is 10.4. The first-order valence-corrected chi connectivity index (χ1v) is 6.34. The first kappa shape index (κ1) is 15.1. The normalized spacial score (nSPS) is 10.0. The van der Waals surface area contributed by atoms with Gasteiger partial charge in [-0.05, 0) is 18.2 Å². The number of nitrogens with one attached hydrogen (secondary N) is 1. The molecule has 6 nitrogen and oxygen atoms in total. The van der Waals surface area contributed by atoms with Crippen LogP contribution in [0.5, 0.6) is 5.75 Å². The van der Waals surface area contributed by atoms with E-state index in [4.69, 9.17) is 23.5 Å². The predicted molar refractivity (Wildman–Crippen MR) is 79.0 cm³/mol. The number of nitro groups is 1. The van der Waals surface area contributed by atoms with E-state index >= 15 is 0 Å². The third-order valence-corrected chi connectivity index (χ3v) is 3.07. The van der Waals surface area contributed by atoms with Gasteiger partial charge < -0.3 is 9.61 Å². The van der Waals surface area contributed by atoms with Gasteiger partial charge in [0, 0.05) is 5.69 Å². The van der Waals surface area contributed by atoms with Gasteiger partial charge in [0.1, 0.15) is 16.9 Å². The highest BCUT2D eigenvalue weighted by atomic mass is 35.5. The average molecular weight is 327 g/mol. The quantitative estimate of drug-likeness (QED) is 0.679. The number of nitro benzene ring substituents is 1. The van der Waals surface area contributed by atoms with Gasteiger partial charge in [0.05, 0.1) is 16.6 Å². The van der Waals surface area contributed by atoms with Crippen LogP contribution in [0, 0.1) is 10.1 Å². The molecule has 21 heavy (non-hydrogen) atoms. The van der Waals surface area contributed by atoms with Crippen LogP contribution in [-0.2, 0) is 0 Å². The molecule has 0 aliphatic carbocycles. The van der Waals surface area contributed by atoms with Crippen LogP contribution in [0.2, 0.25) is 5.02 Å². The molecule has 2 rings (SSSR count). The number of carbonyl (C=O) groups is 1. The number of benzene rings is 2. The Morgan fingerprint density at radius 3 is 2.48 bits per heavy atom. The number of nitrogens with zero attached hydrogens (tertiary/aromatic N) is 1. The Balaban J connectivity index is 2.37. The van der Waals surface area contributed by atoms with Crippen molar-refractivity contribution in [1.82, 2.24) is 0 Å². The highest BCUT2D eigenvalue weighted by Gasteiger charge is 2.22. The Bertz CT molecular complexity index is 692. The third-order valence-electron chi connectivity index (χ3n) is 2.61. The van der Waals surface area contributed by atoms with Gasteiger partial charge in [-0.25, -0.2) is 0 Å². The smallest absolute Gasteiger partial charge is 0.291 e. The van der Waals surface area contributed by atoms with Gasteiger partial charge in [-0.15, -0.1) is 0 Å². The summed E-state index contributed by atoms with van der Waals surface area (Å²) in [5.41, 5.74) is 0.144. The molecule has 2 aromatic rings. The number of hydrogen-bond donors (Lipinski definition) is 1. The van der Waals surface area contributed by atoms with E-state index in [9.17, 15) is 14.9 Å². The Kier molecular flexibility index (Phi) is 4.62. The maximum absolute atomic E-state index is 12.1. The van der Waals surface area contributed by atoms with Crippen molar-refractivity contribution in [3.63, 3.8) is 0 Å². The third kappa shape index (κ3) is 3.42. The molecule has 0 aromatic heterocycles. The lowest BCUT2D eigenvalue weighted by molar-refractivity contribution is -0.384. The molecule has 0 spiro atoms. The van der Waals surface area contributed by atoms with Gasteiger partial charge in [-0.3, -0.25) is 14.9 Å². The fourth-order valence-electron chi connectivity index (χ4n) is 1.64. The van der Waals surface area contributed by atoms with Crippen LogP contribution >= 0.6 is 23.5 Å². The summed E-state index contributed by atoms with van der Waals surface area (Å²) in [4.78, 5) is 22.2. The maximum Gasteiger partial charge on any atom is 0.291 e. The average Bonchev–Trinajstić information content (AvgIpc) is 2.47. The second-order valence-corrected chi connectivity index (χ2v) is 4.52. The second kappa shape index (κ2) is 6.43. The number of rotatable bonds is 4. The largest absolute Gasteiger partial charge is 0.384 e. The summed E-state index contributed by atoms with van der Waals surface area (Å²) in [6, 6.07) is 10.8. The van der Waals surface area contributed by atoms with E-state index in [0.29, 0.717) is 5.69 Å². The molecule has 2 aromatic carbocycles. The molecule has 0 fully saturated rings. The standard InChI is InChI=1S/C13H8Cl2N2O4/c14-10-6-9(12(21-15)7-11(10)17(19)20)13(18)16-8-4-2-1-3-5-8/h1-7H,(H,16,18). The number of amides is 1. The highest BCUT2D eigenvalue weighted by molar-refractivity contribution is 6.33. The Morgan fingerprint density at radius 1 is 1.24 bits per heavy atom. The monoisotopic (exact) mass is 326 g/mol. The minimum Gasteiger partial charge on any atom is -0.384 e. The van der Waals surface area contributed by atoms with Crippen LogP contribution in [0.15, 0.2) is 42.5 Å². The molecule has 0 bridgehead atoms. The molecule has 0 heterocycles. The lowest BCUT2D eigenvalue weighted by atomic mass is 10.1. The summed E-state index contributed by atoms with van der Waals surface area (Å²) in [5, 5.41) is 13.2. The van der Waals surface area contributed by atoms with Crippen LogP contribution in [-0.4, -0.2) is 10.8 Å². The van der Waals surface area contributed by atoms with Gasteiger partial charge in [-0.2, -0.15) is 0 Å². The fourth-order valence-corrected chi connectivity index (χ4v) is 2.00. The van der Waals surface area contributed by atoms with Crippen LogP contribution in [0.1, 0.15) is 10.4 Å². The molecule has 0 radical (unpaired) electrons. The minimum atomic E-state index is -0.694. The summed E-state index contributed by atoms with van der Waals surface area (Å²) in [7, 11) is 0. The molecular weight excluding hydrogens is 319 g/mol. The van der Waals surface area contributed by atoms with E-state index in [1.165, 1.54) is 0 Å². The van der Waals surface area contributed by atoms with Crippen molar-refractivity contribution in [2.75, 3.05) is 5.32 Å². The summed E-state index contributed by atoms with van der Waals surface area (Å²) >= 11 is 11.0. The molecule has 108 valence electrons. The summed E-state index contributed by atoms with van der Waals surface area (Å²) in [6.07, 6.45) is 0. The lowest BCUT2D eigenvalue weighted by Crippen LogP contribution is -2.13. The van der Waals surface area contributed by atoms with Gasteiger partial charge in [0.25, 0.3) is 11.6 Å². The molecule has 0 saturated heterocycles. The Labute approximate surface area is 129 Å². The van der Waals surface area contributed by atoms with E-state index in [1.807, 2.05) is 0 Å². The topological polar surface area (TPSA) is 81.5 Å². The SMILES string of the molecule is O=C(Nc1ccccc1)c1cc(Cl)c([N+](=O)[O-])cc1OCl. The van der Waals surface area contributed by atoms with Crippen LogP contribution < -0.4 is 9.61 Å². The van der Waals surface area contributed by atoms with E-state index in [2.05, 4.69) is 9.61 Å². The van der Waals surface area contributed by atoms with Crippen molar-refractivity contribution >= 4 is 40.7 Å². The molecule has 0 unspecified atom stereocenters. The first-order valence-electron chi connectivity index (χ1n) is 5.66.